The molecule has 2 heterocycles. The minimum atomic E-state index is -4.03. The van der Waals surface area contributed by atoms with Crippen molar-refractivity contribution >= 4 is 44.8 Å². The Hall–Kier alpha value is -4.06. The summed E-state index contributed by atoms with van der Waals surface area (Å²) in [5.41, 5.74) is 5.30. The Morgan fingerprint density at radius 1 is 0.915 bits per heavy atom. The Morgan fingerprint density at radius 3 is 2.38 bits per heavy atom. The van der Waals surface area contributed by atoms with E-state index >= 15 is 0 Å². The van der Waals surface area contributed by atoms with Gasteiger partial charge in [-0.2, -0.15) is 5.10 Å². The Labute approximate surface area is 282 Å². The highest BCUT2D eigenvalue weighted by molar-refractivity contribution is 8.03. The van der Waals surface area contributed by atoms with Crippen molar-refractivity contribution in [3.63, 3.8) is 0 Å². The second kappa shape index (κ2) is 15.2. The van der Waals surface area contributed by atoms with E-state index in [1.54, 1.807) is 36.0 Å². The zero-order chi connectivity index (χ0) is 32.6. The zero-order valence-corrected chi connectivity index (χ0v) is 28.4. The Balaban J connectivity index is 0.982. The highest BCUT2D eigenvalue weighted by Crippen LogP contribution is 2.24. The third kappa shape index (κ3) is 8.46. The van der Waals surface area contributed by atoms with E-state index in [9.17, 15) is 13.2 Å². The molecule has 1 amide bonds. The van der Waals surface area contributed by atoms with Gasteiger partial charge >= 0.3 is 0 Å². The lowest BCUT2D eigenvalue weighted by atomic mass is 10.1. The SMILES string of the molecule is Cc1cc(S(=O)(=O)NC(=O)c2ccc(N3CCN(Cc4ccnn4C4=CCCC=C4)CC3)cc2)ccc1NCCSC1=CCCC=C1. The molecule has 2 aromatic carbocycles. The lowest BCUT2D eigenvalue weighted by Crippen LogP contribution is -2.46. The molecule has 0 atom stereocenters. The van der Waals surface area contributed by atoms with Crippen molar-refractivity contribution in [1.29, 1.82) is 0 Å². The number of anilines is 2. The summed E-state index contributed by atoms with van der Waals surface area (Å²) in [6.45, 7) is 6.98. The monoisotopic (exact) mass is 670 g/mol. The zero-order valence-electron chi connectivity index (χ0n) is 26.8. The second-order valence-corrected chi connectivity index (χ2v) is 14.8. The number of allylic oxidation sites excluding steroid dienone is 7. The minimum absolute atomic E-state index is 0.0604. The number of sulfonamides is 1. The van der Waals surface area contributed by atoms with E-state index < -0.39 is 15.9 Å². The number of amides is 1. The smallest absolute Gasteiger partial charge is 0.264 e. The van der Waals surface area contributed by atoms with E-state index in [0.717, 1.165) is 93.3 Å². The van der Waals surface area contributed by atoms with Crippen molar-refractivity contribution in [1.82, 2.24) is 19.4 Å². The molecule has 0 unspecified atom stereocenters. The molecule has 47 heavy (non-hydrogen) atoms. The highest BCUT2D eigenvalue weighted by Gasteiger charge is 2.22. The number of hydrogen-bond donors (Lipinski definition) is 2. The van der Waals surface area contributed by atoms with Crippen molar-refractivity contribution in [2.75, 3.05) is 48.7 Å². The van der Waals surface area contributed by atoms with Crippen LogP contribution in [-0.4, -0.2) is 67.5 Å². The standard InChI is InChI=1S/C36H42N6O3S2/c1-28-26-34(16-17-35(28)37-20-25-46-33-10-6-3-7-11-33)47(44,45)39-36(43)29-12-14-30(15-13-29)41-23-21-40(22-24-41)27-32-18-19-38-42(32)31-8-4-2-5-9-31/h4,6,8-19,26,37H,2-3,5,7,20-25,27H2,1H3,(H,39,43). The molecule has 6 rings (SSSR count). The van der Waals surface area contributed by atoms with Crippen molar-refractivity contribution in [2.45, 2.75) is 44.0 Å². The first-order valence-electron chi connectivity index (χ1n) is 16.2. The maximum absolute atomic E-state index is 13.1. The first-order valence-corrected chi connectivity index (χ1v) is 18.7. The number of aromatic nitrogens is 2. The summed E-state index contributed by atoms with van der Waals surface area (Å²) in [6, 6.07) is 14.1. The van der Waals surface area contributed by atoms with Gasteiger partial charge in [0.1, 0.15) is 0 Å². The lowest BCUT2D eigenvalue weighted by Gasteiger charge is -2.36. The van der Waals surface area contributed by atoms with Crippen LogP contribution in [0.2, 0.25) is 0 Å². The number of carbonyl (C=O) groups is 1. The molecule has 0 saturated carbocycles. The molecule has 0 bridgehead atoms. The predicted molar refractivity (Wildman–Crippen MR) is 192 cm³/mol. The van der Waals surface area contributed by atoms with Gasteiger partial charge < -0.3 is 10.2 Å². The minimum Gasteiger partial charge on any atom is -0.384 e. The van der Waals surface area contributed by atoms with Crippen LogP contribution in [0.3, 0.4) is 0 Å². The van der Waals surface area contributed by atoms with Gasteiger partial charge in [0.2, 0.25) is 0 Å². The number of nitrogens with zero attached hydrogens (tertiary/aromatic N) is 4. The Kier molecular flexibility index (Phi) is 10.6. The number of aryl methyl sites for hydroxylation is 1. The summed E-state index contributed by atoms with van der Waals surface area (Å²) >= 11 is 1.81. The number of piperazine rings is 1. The predicted octanol–water partition coefficient (Wildman–Crippen LogP) is 6.20. The van der Waals surface area contributed by atoms with Crippen LogP contribution in [0.15, 0.2) is 101 Å². The molecular formula is C36H42N6O3S2. The fourth-order valence-corrected chi connectivity index (χ4v) is 7.88. The van der Waals surface area contributed by atoms with E-state index in [1.165, 1.54) is 16.7 Å². The van der Waals surface area contributed by atoms with Crippen LogP contribution in [0, 0.1) is 6.92 Å². The summed E-state index contributed by atoms with van der Waals surface area (Å²) < 4.78 is 30.5. The third-order valence-electron chi connectivity index (χ3n) is 8.58. The van der Waals surface area contributed by atoms with Gasteiger partial charge in [-0.3, -0.25) is 9.69 Å². The van der Waals surface area contributed by atoms with Crippen LogP contribution >= 0.6 is 11.8 Å². The topological polar surface area (TPSA) is 99.6 Å². The van der Waals surface area contributed by atoms with Crippen LogP contribution < -0.4 is 14.9 Å². The van der Waals surface area contributed by atoms with Crippen LogP contribution in [0.25, 0.3) is 5.70 Å². The molecule has 1 aromatic heterocycles. The molecule has 0 radical (unpaired) electrons. The molecule has 2 N–H and O–H groups in total. The Bertz CT molecular complexity index is 1800. The van der Waals surface area contributed by atoms with E-state index in [2.05, 4.69) is 67.5 Å². The fraction of sp³-hybridized carbons (Fsp3) is 0.333. The average Bonchev–Trinajstić information content (AvgIpc) is 3.56. The molecule has 1 aliphatic heterocycles. The molecule has 1 fully saturated rings. The summed E-state index contributed by atoms with van der Waals surface area (Å²) in [6.07, 6.45) is 19.4. The van der Waals surface area contributed by atoms with E-state index in [4.69, 9.17) is 0 Å². The van der Waals surface area contributed by atoms with Crippen LogP contribution in [0.1, 0.15) is 47.3 Å². The molecule has 11 heteroatoms. The first kappa shape index (κ1) is 32.9. The summed E-state index contributed by atoms with van der Waals surface area (Å²) in [5.74, 6) is 0.258. The maximum atomic E-state index is 13.1. The maximum Gasteiger partial charge on any atom is 0.264 e. The third-order valence-corrected chi connectivity index (χ3v) is 10.9. The quantitative estimate of drug-likeness (QED) is 0.220. The second-order valence-electron chi connectivity index (χ2n) is 11.9. The largest absolute Gasteiger partial charge is 0.384 e. The van der Waals surface area contributed by atoms with Crippen LogP contribution in [0.4, 0.5) is 11.4 Å². The Morgan fingerprint density at radius 2 is 1.68 bits per heavy atom. The fourth-order valence-electron chi connectivity index (χ4n) is 5.95. The van der Waals surface area contributed by atoms with Crippen LogP contribution in [0.5, 0.6) is 0 Å². The number of benzene rings is 2. The van der Waals surface area contributed by atoms with Gasteiger partial charge in [-0.15, -0.1) is 11.8 Å². The number of hydrogen-bond acceptors (Lipinski definition) is 8. The molecule has 0 spiro atoms. The molecule has 2 aliphatic carbocycles. The highest BCUT2D eigenvalue weighted by atomic mass is 32.2. The molecule has 9 nitrogen and oxygen atoms in total. The van der Waals surface area contributed by atoms with Crippen LogP contribution in [-0.2, 0) is 16.6 Å². The summed E-state index contributed by atoms with van der Waals surface area (Å²) in [7, 11) is -4.03. The van der Waals surface area contributed by atoms with Crippen molar-refractivity contribution in [2.24, 2.45) is 0 Å². The average molecular weight is 671 g/mol. The number of carbonyl (C=O) groups excluding carboxylic acids is 1. The van der Waals surface area contributed by atoms with Gasteiger partial charge in [-0.25, -0.2) is 17.8 Å². The molecule has 1 saturated heterocycles. The van der Waals surface area contributed by atoms with Gasteiger partial charge in [0.25, 0.3) is 15.9 Å². The van der Waals surface area contributed by atoms with Gasteiger partial charge in [0.15, 0.2) is 0 Å². The molecule has 246 valence electrons. The van der Waals surface area contributed by atoms with E-state index in [0.29, 0.717) is 5.56 Å². The number of thioether (sulfide) groups is 1. The molecule has 3 aromatic rings. The van der Waals surface area contributed by atoms with E-state index in [-0.39, 0.29) is 4.90 Å². The molecule has 3 aliphatic rings. The number of nitrogens with one attached hydrogen (secondary N) is 2. The van der Waals surface area contributed by atoms with E-state index in [1.807, 2.05) is 29.9 Å². The van der Waals surface area contributed by atoms with Crippen molar-refractivity contribution in [3.8, 4) is 0 Å². The normalized spacial score (nSPS) is 16.9. The van der Waals surface area contributed by atoms with Gasteiger partial charge in [0.05, 0.1) is 16.3 Å². The number of rotatable bonds is 12. The van der Waals surface area contributed by atoms with Gasteiger partial charge in [0, 0.05) is 73.1 Å². The van der Waals surface area contributed by atoms with Gasteiger partial charge in [-0.05, 0) is 92.8 Å². The molecular weight excluding hydrogens is 629 g/mol. The lowest BCUT2D eigenvalue weighted by molar-refractivity contribution is 0.0981. The first-order chi connectivity index (χ1) is 22.9. The van der Waals surface area contributed by atoms with Crippen molar-refractivity contribution in [3.05, 3.63) is 113 Å². The summed E-state index contributed by atoms with van der Waals surface area (Å²) in [5, 5.41) is 7.93. The summed E-state index contributed by atoms with van der Waals surface area (Å²) in [4.78, 5) is 19.0. The van der Waals surface area contributed by atoms with Crippen molar-refractivity contribution < 1.29 is 13.2 Å². The van der Waals surface area contributed by atoms with Gasteiger partial charge in [-0.1, -0.05) is 30.4 Å².